The zero-order valence-corrected chi connectivity index (χ0v) is 9.36. The van der Waals surface area contributed by atoms with Gasteiger partial charge in [0.15, 0.2) is 0 Å². The number of methoxy groups -OCH3 is 1. The molecule has 0 rings (SSSR count). The first-order chi connectivity index (χ1) is 7.66. The summed E-state index contributed by atoms with van der Waals surface area (Å²) in [4.78, 5) is 21.4. The molecule has 94 valence electrons. The maximum Gasteiger partial charge on any atom is 0.246 e. The van der Waals surface area contributed by atoms with E-state index in [0.717, 1.165) is 0 Å². The molecule has 7 heteroatoms. The Labute approximate surface area is 94.2 Å². The zero-order chi connectivity index (χ0) is 12.2. The Kier molecular flexibility index (Phi) is 9.58. The molecule has 0 saturated heterocycles. The van der Waals surface area contributed by atoms with Crippen LogP contribution in [0.1, 0.15) is 0 Å². The van der Waals surface area contributed by atoms with Gasteiger partial charge in [0.05, 0.1) is 19.8 Å². The number of nitrogens with one attached hydrogen (secondary N) is 1. The van der Waals surface area contributed by atoms with Crippen LogP contribution in [0.15, 0.2) is 0 Å². The summed E-state index contributed by atoms with van der Waals surface area (Å²) in [7, 11) is 1.56. The Morgan fingerprint density at radius 2 is 1.81 bits per heavy atom. The summed E-state index contributed by atoms with van der Waals surface area (Å²) in [5.41, 5.74) is 4.85. The lowest BCUT2D eigenvalue weighted by molar-refractivity contribution is -0.126. The maximum atomic E-state index is 11.1. The van der Waals surface area contributed by atoms with Crippen LogP contribution in [0, 0.1) is 0 Å². The first-order valence-corrected chi connectivity index (χ1v) is 4.86. The van der Waals surface area contributed by atoms with E-state index in [2.05, 4.69) is 5.32 Å². The predicted molar refractivity (Wildman–Crippen MR) is 55.7 cm³/mol. The highest BCUT2D eigenvalue weighted by Crippen LogP contribution is 1.77. The van der Waals surface area contributed by atoms with Crippen molar-refractivity contribution in [1.29, 1.82) is 0 Å². The molecule has 3 N–H and O–H groups in total. The van der Waals surface area contributed by atoms with Crippen molar-refractivity contribution >= 4 is 11.8 Å². The Balaban J connectivity index is 3.20. The van der Waals surface area contributed by atoms with Crippen LogP contribution in [-0.2, 0) is 23.8 Å². The summed E-state index contributed by atoms with van der Waals surface area (Å²) in [6, 6.07) is 0. The summed E-state index contributed by atoms with van der Waals surface area (Å²) in [6.07, 6.45) is 0. The van der Waals surface area contributed by atoms with Gasteiger partial charge in [-0.2, -0.15) is 0 Å². The lowest BCUT2D eigenvalue weighted by atomic mass is 10.5. The van der Waals surface area contributed by atoms with Crippen molar-refractivity contribution in [2.45, 2.75) is 0 Å². The van der Waals surface area contributed by atoms with E-state index in [4.69, 9.17) is 19.9 Å². The van der Waals surface area contributed by atoms with Gasteiger partial charge >= 0.3 is 0 Å². The van der Waals surface area contributed by atoms with Gasteiger partial charge in [-0.3, -0.25) is 9.59 Å². The molecule has 0 aromatic heterocycles. The van der Waals surface area contributed by atoms with Crippen molar-refractivity contribution in [3.8, 4) is 0 Å². The van der Waals surface area contributed by atoms with E-state index in [1.54, 1.807) is 7.11 Å². The Bertz CT molecular complexity index is 210. The van der Waals surface area contributed by atoms with Crippen molar-refractivity contribution in [3.05, 3.63) is 0 Å². The Morgan fingerprint density at radius 3 is 2.44 bits per heavy atom. The van der Waals surface area contributed by atoms with Gasteiger partial charge in [-0.25, -0.2) is 0 Å². The number of carbonyl (C=O) groups is 2. The van der Waals surface area contributed by atoms with Gasteiger partial charge in [0.2, 0.25) is 11.8 Å². The number of primary amides is 1. The van der Waals surface area contributed by atoms with Crippen molar-refractivity contribution in [3.63, 3.8) is 0 Å². The van der Waals surface area contributed by atoms with Gasteiger partial charge in [-0.15, -0.1) is 0 Å². The molecule has 0 aromatic carbocycles. The van der Waals surface area contributed by atoms with Crippen LogP contribution in [0.3, 0.4) is 0 Å². The molecule has 0 aliphatic carbocycles. The Hall–Kier alpha value is -1.18. The predicted octanol–water partition coefficient (Wildman–Crippen LogP) is -1.73. The highest BCUT2D eigenvalue weighted by atomic mass is 16.5. The highest BCUT2D eigenvalue weighted by Gasteiger charge is 2.00. The van der Waals surface area contributed by atoms with Crippen molar-refractivity contribution in [1.82, 2.24) is 5.32 Å². The first kappa shape index (κ1) is 14.8. The molecule has 0 heterocycles. The molecule has 0 saturated carbocycles. The number of nitrogens with two attached hydrogens (primary N) is 1. The molecular weight excluding hydrogens is 216 g/mol. The van der Waals surface area contributed by atoms with E-state index in [1.165, 1.54) is 0 Å². The number of rotatable bonds is 10. The Morgan fingerprint density at radius 1 is 1.12 bits per heavy atom. The normalized spacial score (nSPS) is 10.1. The fraction of sp³-hybridized carbons (Fsp3) is 0.778. The second kappa shape index (κ2) is 10.3. The standard InChI is InChI=1S/C9H18N2O5/c1-14-4-5-16-7-9(13)11-2-3-15-6-8(10)12/h2-7H2,1H3,(H2,10,12)(H,11,13). The van der Waals surface area contributed by atoms with Gasteiger partial charge in [0.1, 0.15) is 13.2 Å². The molecule has 0 radical (unpaired) electrons. The van der Waals surface area contributed by atoms with E-state index in [1.807, 2.05) is 0 Å². The van der Waals surface area contributed by atoms with E-state index in [9.17, 15) is 9.59 Å². The van der Waals surface area contributed by atoms with E-state index in [0.29, 0.717) is 19.8 Å². The largest absolute Gasteiger partial charge is 0.382 e. The van der Waals surface area contributed by atoms with Crippen LogP contribution in [0.4, 0.5) is 0 Å². The molecule has 0 atom stereocenters. The third kappa shape index (κ3) is 10.9. The fourth-order valence-electron chi connectivity index (χ4n) is 0.794. The second-order valence-electron chi connectivity index (χ2n) is 2.91. The van der Waals surface area contributed by atoms with E-state index in [-0.39, 0.29) is 25.7 Å². The average Bonchev–Trinajstić information content (AvgIpc) is 2.23. The van der Waals surface area contributed by atoms with Gasteiger partial charge in [-0.1, -0.05) is 0 Å². The lowest BCUT2D eigenvalue weighted by Gasteiger charge is -2.06. The SMILES string of the molecule is COCCOCC(=O)NCCOCC(N)=O. The van der Waals surface area contributed by atoms with Crippen LogP contribution in [0.5, 0.6) is 0 Å². The summed E-state index contributed by atoms with van der Waals surface area (Å²) in [5, 5.41) is 2.55. The molecule has 0 spiro atoms. The number of hydrogen-bond acceptors (Lipinski definition) is 5. The van der Waals surface area contributed by atoms with Crippen molar-refractivity contribution in [2.24, 2.45) is 5.73 Å². The number of carbonyl (C=O) groups excluding carboxylic acids is 2. The molecule has 0 bridgehead atoms. The van der Waals surface area contributed by atoms with Gasteiger partial charge in [-0.05, 0) is 0 Å². The van der Waals surface area contributed by atoms with Gasteiger partial charge < -0.3 is 25.3 Å². The van der Waals surface area contributed by atoms with Crippen molar-refractivity contribution in [2.75, 3.05) is 46.7 Å². The fourth-order valence-corrected chi connectivity index (χ4v) is 0.794. The van der Waals surface area contributed by atoms with Crippen LogP contribution >= 0.6 is 0 Å². The summed E-state index contributed by atoms with van der Waals surface area (Å²) < 4.78 is 14.6. The van der Waals surface area contributed by atoms with Crippen LogP contribution < -0.4 is 11.1 Å². The summed E-state index contributed by atoms with van der Waals surface area (Å²) in [5.74, 6) is -0.770. The number of ether oxygens (including phenoxy) is 3. The minimum absolute atomic E-state index is 0.0147. The molecule has 7 nitrogen and oxygen atoms in total. The number of amides is 2. The van der Waals surface area contributed by atoms with Crippen LogP contribution in [0.2, 0.25) is 0 Å². The van der Waals surface area contributed by atoms with Gasteiger partial charge in [0, 0.05) is 13.7 Å². The molecule has 0 aliphatic rings. The zero-order valence-electron chi connectivity index (χ0n) is 9.36. The molecule has 0 unspecified atom stereocenters. The summed E-state index contributed by atoms with van der Waals surface area (Å²) >= 11 is 0. The monoisotopic (exact) mass is 234 g/mol. The third-order valence-corrected chi connectivity index (χ3v) is 1.48. The van der Waals surface area contributed by atoms with Crippen LogP contribution in [-0.4, -0.2) is 58.5 Å². The molecule has 16 heavy (non-hydrogen) atoms. The molecule has 0 aromatic rings. The molecular formula is C9H18N2O5. The first-order valence-electron chi connectivity index (χ1n) is 4.86. The topological polar surface area (TPSA) is 99.9 Å². The minimum atomic E-state index is -0.533. The van der Waals surface area contributed by atoms with Crippen LogP contribution in [0.25, 0.3) is 0 Å². The number of hydrogen-bond donors (Lipinski definition) is 2. The van der Waals surface area contributed by atoms with E-state index < -0.39 is 5.91 Å². The maximum absolute atomic E-state index is 11.1. The van der Waals surface area contributed by atoms with Crippen molar-refractivity contribution < 1.29 is 23.8 Å². The highest BCUT2D eigenvalue weighted by molar-refractivity contribution is 5.77. The molecule has 0 fully saturated rings. The lowest BCUT2D eigenvalue weighted by Crippen LogP contribution is -2.31. The quantitative estimate of drug-likeness (QED) is 0.437. The third-order valence-electron chi connectivity index (χ3n) is 1.48. The second-order valence-corrected chi connectivity index (χ2v) is 2.91. The van der Waals surface area contributed by atoms with Gasteiger partial charge in [0.25, 0.3) is 0 Å². The molecule has 2 amide bonds. The van der Waals surface area contributed by atoms with E-state index >= 15 is 0 Å². The molecule has 0 aliphatic heterocycles. The average molecular weight is 234 g/mol. The summed E-state index contributed by atoms with van der Waals surface area (Å²) in [6.45, 7) is 1.24. The minimum Gasteiger partial charge on any atom is -0.382 e. The smallest absolute Gasteiger partial charge is 0.246 e.